The molecule has 0 fully saturated rings. The molecule has 3 heteroatoms. The molecule has 0 aliphatic carbocycles. The molecule has 0 amide bonds. The van der Waals surface area contributed by atoms with Gasteiger partial charge in [-0.2, -0.15) is 0 Å². The van der Waals surface area contributed by atoms with Crippen LogP contribution in [0.25, 0.3) is 0 Å². The van der Waals surface area contributed by atoms with E-state index in [1.807, 2.05) is 0 Å². The van der Waals surface area contributed by atoms with Crippen molar-refractivity contribution in [3.05, 3.63) is 0 Å². The summed E-state index contributed by atoms with van der Waals surface area (Å²) in [6.45, 7) is 0. The minimum Gasteiger partial charge on any atom is -0.344 e. The van der Waals surface area contributed by atoms with Crippen molar-refractivity contribution >= 4 is 22.6 Å². The molecule has 0 aliphatic heterocycles. The molecule has 0 unspecified atom stereocenters. The zero-order valence-corrected chi connectivity index (χ0v) is 6.02. The van der Waals surface area contributed by atoms with Crippen LogP contribution in [0.5, 0.6) is 0 Å². The number of hydrogen-bond acceptors (Lipinski definition) is 1. The second-order valence-electron chi connectivity index (χ2n) is 1.73. The lowest BCUT2D eigenvalue weighted by molar-refractivity contribution is 1.91. The third kappa shape index (κ3) is 186. The lowest BCUT2D eigenvalue weighted by Gasteiger charge is -1.67. The molecule has 0 aromatic carbocycles. The van der Waals surface area contributed by atoms with E-state index in [9.17, 15) is 0 Å². The van der Waals surface area contributed by atoms with Crippen molar-refractivity contribution in [1.29, 1.82) is 0 Å². The first-order chi connectivity index (χ1) is 1.73. The van der Waals surface area contributed by atoms with E-state index < -0.39 is 0 Å². The van der Waals surface area contributed by atoms with Crippen LogP contribution in [-0.2, 0) is 0 Å². The highest BCUT2D eigenvalue weighted by Crippen LogP contribution is 1.68. The third-order valence-electron chi connectivity index (χ3n) is 0. The summed E-state index contributed by atoms with van der Waals surface area (Å²) in [5.41, 5.74) is 0. The van der Waals surface area contributed by atoms with Crippen molar-refractivity contribution in [1.82, 2.24) is 6.15 Å². The quantitative estimate of drug-likeness (QED) is 0.455. The van der Waals surface area contributed by atoms with Crippen molar-refractivity contribution in [2.75, 3.05) is 0 Å². The average molecular weight is 99.9 g/mol. The first kappa shape index (κ1) is 16.0. The van der Waals surface area contributed by atoms with Gasteiger partial charge in [0, 0.05) is 8.41 Å². The maximum absolute atomic E-state index is 2.31. The van der Waals surface area contributed by atoms with E-state index in [2.05, 4.69) is 17.4 Å². The van der Waals surface area contributed by atoms with E-state index >= 15 is 0 Å². The van der Waals surface area contributed by atoms with Crippen LogP contribution in [-0.4, -0.2) is 22.6 Å². The highest BCUT2D eigenvalue weighted by molar-refractivity contribution is 6.54. The molecular formula is C3H12AlBN. The van der Waals surface area contributed by atoms with Crippen LogP contribution in [0.4, 0.5) is 0 Å². The van der Waals surface area contributed by atoms with Crippen LogP contribution in [0.3, 0.4) is 0 Å². The smallest absolute Gasteiger partial charge is 0.251 e. The Labute approximate surface area is 46.7 Å². The second kappa shape index (κ2) is 9.12. The van der Waals surface area contributed by atoms with Gasteiger partial charge in [0.05, 0.1) is 0 Å². The summed E-state index contributed by atoms with van der Waals surface area (Å²) >= 11 is -0.139. The molecule has 3 radical (unpaired) electrons. The molecule has 0 aromatic heterocycles. The largest absolute Gasteiger partial charge is 0.344 e. The molecular weight excluding hydrogens is 87.8 g/mol. The first-order valence-electron chi connectivity index (χ1n) is 1.73. The summed E-state index contributed by atoms with van der Waals surface area (Å²) in [5.74, 6) is 6.92. The standard InChI is InChI=1S/3CH3.Al.B.H3N/h3*1H3;;;1H3. The molecule has 6 heavy (non-hydrogen) atoms. The fraction of sp³-hybridized carbons (Fsp3) is 1.00. The van der Waals surface area contributed by atoms with Crippen LogP contribution in [0.1, 0.15) is 0 Å². The van der Waals surface area contributed by atoms with Crippen LogP contribution in [0, 0.1) is 0 Å². The van der Waals surface area contributed by atoms with Gasteiger partial charge in [-0.25, -0.2) is 0 Å². The van der Waals surface area contributed by atoms with Gasteiger partial charge in [-0.05, 0) is 0 Å². The van der Waals surface area contributed by atoms with Crippen molar-refractivity contribution in [3.63, 3.8) is 0 Å². The number of hydrogen-bond donors (Lipinski definition) is 1. The first-order valence-corrected chi connectivity index (χ1v) is 5.20. The zero-order chi connectivity index (χ0) is 3.58. The normalized spacial score (nSPS) is 4.50. The predicted octanol–water partition coefficient (Wildman–Crippen LogP) is 1.15. The Morgan fingerprint density at radius 1 is 1.00 bits per heavy atom. The molecule has 0 atom stereocenters. The maximum Gasteiger partial charge on any atom is 0.251 e. The van der Waals surface area contributed by atoms with Gasteiger partial charge in [0.1, 0.15) is 0 Å². The van der Waals surface area contributed by atoms with Gasteiger partial charge in [-0.3, -0.25) is 0 Å². The third-order valence-corrected chi connectivity index (χ3v) is 0. The van der Waals surface area contributed by atoms with Gasteiger partial charge in [0.2, 0.25) is 0 Å². The highest BCUT2D eigenvalue weighted by atomic mass is 27.2. The maximum atomic E-state index is 2.31. The molecule has 0 aromatic rings. The van der Waals surface area contributed by atoms with Gasteiger partial charge in [-0.15, -0.1) is 17.4 Å². The van der Waals surface area contributed by atoms with Crippen molar-refractivity contribution in [3.8, 4) is 0 Å². The topological polar surface area (TPSA) is 35.0 Å². The molecule has 1 nitrogen and oxygen atoms in total. The van der Waals surface area contributed by atoms with Crippen LogP contribution in [0.15, 0.2) is 0 Å². The fourth-order valence-corrected chi connectivity index (χ4v) is 0. The lowest BCUT2D eigenvalue weighted by Crippen LogP contribution is -1.84. The van der Waals surface area contributed by atoms with E-state index in [1.165, 1.54) is 0 Å². The summed E-state index contributed by atoms with van der Waals surface area (Å²) in [5, 5.41) is 0. The SMILES string of the molecule is N.[B].[CH3][Al]([CH3])[CH3]. The Hall–Kier alpha value is 0.557. The average Bonchev–Trinajstić information content (AvgIpc) is 0.811. The van der Waals surface area contributed by atoms with Crippen LogP contribution < -0.4 is 6.15 Å². The van der Waals surface area contributed by atoms with Crippen molar-refractivity contribution in [2.24, 2.45) is 0 Å². The molecule has 0 spiro atoms. The minimum absolute atomic E-state index is 0. The monoisotopic (exact) mass is 100 g/mol. The van der Waals surface area contributed by atoms with Crippen molar-refractivity contribution < 1.29 is 0 Å². The number of rotatable bonds is 0. The van der Waals surface area contributed by atoms with Gasteiger partial charge >= 0.3 is 0 Å². The van der Waals surface area contributed by atoms with Crippen molar-refractivity contribution in [2.45, 2.75) is 17.4 Å². The molecule has 0 aliphatic rings. The molecule has 3 N–H and O–H groups in total. The highest BCUT2D eigenvalue weighted by Gasteiger charge is 1.81. The summed E-state index contributed by atoms with van der Waals surface area (Å²) in [7, 11) is 0. The summed E-state index contributed by atoms with van der Waals surface area (Å²) in [6.07, 6.45) is 0. The lowest BCUT2D eigenvalue weighted by atomic mass is 10.8. The molecule has 0 heterocycles. The van der Waals surface area contributed by atoms with Crippen LogP contribution in [0.2, 0.25) is 17.4 Å². The fourth-order valence-electron chi connectivity index (χ4n) is 0. The molecule has 0 saturated heterocycles. The summed E-state index contributed by atoms with van der Waals surface area (Å²) in [6, 6.07) is 0. The molecule has 0 bridgehead atoms. The Kier molecular flexibility index (Phi) is 24.3. The summed E-state index contributed by atoms with van der Waals surface area (Å²) in [4.78, 5) is 0. The van der Waals surface area contributed by atoms with Gasteiger partial charge in [-0.1, -0.05) is 0 Å². The summed E-state index contributed by atoms with van der Waals surface area (Å²) < 4.78 is 0. The molecule has 0 rings (SSSR count). The van der Waals surface area contributed by atoms with Crippen LogP contribution >= 0.6 is 0 Å². The predicted molar refractivity (Wildman–Crippen MR) is 34.1 cm³/mol. The van der Waals surface area contributed by atoms with E-state index in [0.29, 0.717) is 0 Å². The zero-order valence-electron chi connectivity index (χ0n) is 4.86. The van der Waals surface area contributed by atoms with E-state index in [4.69, 9.17) is 0 Å². The minimum atomic E-state index is -0.139. The molecule has 0 saturated carbocycles. The van der Waals surface area contributed by atoms with E-state index in [1.54, 1.807) is 0 Å². The Morgan fingerprint density at radius 3 is 1.00 bits per heavy atom. The van der Waals surface area contributed by atoms with Gasteiger partial charge in [0.15, 0.2) is 0 Å². The van der Waals surface area contributed by atoms with Gasteiger partial charge < -0.3 is 6.15 Å². The van der Waals surface area contributed by atoms with E-state index in [-0.39, 0.29) is 28.7 Å². The second-order valence-corrected chi connectivity index (χ2v) is 5.20. The molecule has 35 valence electrons. The van der Waals surface area contributed by atoms with E-state index in [0.717, 1.165) is 0 Å². The van der Waals surface area contributed by atoms with Gasteiger partial charge in [0.25, 0.3) is 14.1 Å². The Balaban J connectivity index is -0.0000000450. The Bertz CT molecular complexity index is 15.5. The Morgan fingerprint density at radius 2 is 1.00 bits per heavy atom.